The molecule has 0 bridgehead atoms. The van der Waals surface area contributed by atoms with Gasteiger partial charge in [0.05, 0.1) is 6.04 Å². The molecule has 2 aromatic rings. The summed E-state index contributed by atoms with van der Waals surface area (Å²) in [6.45, 7) is 10.9. The molecule has 2 amide bonds. The van der Waals surface area contributed by atoms with Gasteiger partial charge in [0.15, 0.2) is 14.8 Å². The first kappa shape index (κ1) is 22.8. The zero-order chi connectivity index (χ0) is 22.6. The van der Waals surface area contributed by atoms with Crippen molar-refractivity contribution in [2.24, 2.45) is 0 Å². The van der Waals surface area contributed by atoms with Crippen LogP contribution in [0.1, 0.15) is 26.3 Å². The summed E-state index contributed by atoms with van der Waals surface area (Å²) in [7, 11) is -2.10. The van der Waals surface area contributed by atoms with E-state index in [2.05, 4.69) is 39.2 Å². The fourth-order valence-electron chi connectivity index (χ4n) is 3.52. The summed E-state index contributed by atoms with van der Waals surface area (Å²) >= 11 is 0. The third-order valence-electron chi connectivity index (χ3n) is 6.30. The van der Waals surface area contributed by atoms with Crippen LogP contribution >= 0.6 is 0 Å². The Kier molecular flexibility index (Phi) is 6.70. The fourth-order valence-corrected chi connectivity index (χ4v) is 5.91. The minimum atomic E-state index is -2.10. The van der Waals surface area contributed by atoms with Crippen LogP contribution in [-0.4, -0.2) is 43.3 Å². The number of amides is 2. The summed E-state index contributed by atoms with van der Waals surface area (Å²) in [6.07, 6.45) is 4.07. The van der Waals surface area contributed by atoms with Gasteiger partial charge in [-0.1, -0.05) is 94.5 Å². The monoisotopic (exact) mass is 436 g/mol. The summed E-state index contributed by atoms with van der Waals surface area (Å²) in [4.78, 5) is 25.7. The van der Waals surface area contributed by atoms with Gasteiger partial charge in [0.1, 0.15) is 11.8 Å². The zero-order valence-electron chi connectivity index (χ0n) is 19.0. The number of nitrogens with zero attached hydrogens (tertiary/aromatic N) is 1. The molecule has 0 aromatic heterocycles. The summed E-state index contributed by atoms with van der Waals surface area (Å²) in [5.74, 6) is 0.318. The van der Waals surface area contributed by atoms with E-state index in [0.717, 1.165) is 5.56 Å². The molecule has 0 unspecified atom stereocenters. The molecule has 3 rings (SSSR count). The van der Waals surface area contributed by atoms with Crippen LogP contribution in [0.3, 0.4) is 0 Å². The molecule has 164 valence electrons. The summed E-state index contributed by atoms with van der Waals surface area (Å²) in [5, 5.41) is 2.90. The topological polar surface area (TPSA) is 58.6 Å². The van der Waals surface area contributed by atoms with Crippen molar-refractivity contribution < 1.29 is 14.3 Å². The lowest BCUT2D eigenvalue weighted by Gasteiger charge is -2.57. The lowest BCUT2D eigenvalue weighted by Crippen LogP contribution is -2.78. The molecule has 0 radical (unpaired) electrons. The second-order valence-corrected chi connectivity index (χ2v) is 14.5. The van der Waals surface area contributed by atoms with E-state index in [1.165, 1.54) is 0 Å². The van der Waals surface area contributed by atoms with Gasteiger partial charge in [-0.2, -0.15) is 0 Å². The molecule has 1 aliphatic rings. The molecule has 2 atom stereocenters. The average molecular weight is 437 g/mol. The third-order valence-corrected chi connectivity index (χ3v) is 11.7. The number of benzene rings is 2. The van der Waals surface area contributed by atoms with Gasteiger partial charge in [0.2, 0.25) is 5.91 Å². The zero-order valence-corrected chi connectivity index (χ0v) is 20.0. The van der Waals surface area contributed by atoms with Crippen LogP contribution in [0, 0.1) is 0 Å². The standard InChI is InChI=1S/C25H32N2O3Si/c1-25(2,3)31(4,5)27-21(17-16-19-12-8-6-9-13-19)23(24(27)29)26-22(28)18-30-20-14-10-7-11-15-20/h6-17,21,23H,18H2,1-5H3,(H,26,28)/t21-,23+/m1/s1. The number of rotatable bonds is 7. The Morgan fingerprint density at radius 2 is 1.65 bits per heavy atom. The molecule has 31 heavy (non-hydrogen) atoms. The van der Waals surface area contributed by atoms with Crippen molar-refractivity contribution in [3.63, 3.8) is 0 Å². The summed E-state index contributed by atoms with van der Waals surface area (Å²) in [6, 6.07) is 18.4. The van der Waals surface area contributed by atoms with Gasteiger partial charge in [0, 0.05) is 0 Å². The Balaban J connectivity index is 1.75. The highest BCUT2D eigenvalue weighted by Crippen LogP contribution is 2.43. The van der Waals surface area contributed by atoms with Crippen molar-refractivity contribution >= 4 is 26.1 Å². The van der Waals surface area contributed by atoms with E-state index in [1.807, 2.05) is 65.2 Å². The number of carbonyl (C=O) groups excluding carboxylic acids is 2. The minimum absolute atomic E-state index is 0.00684. The quantitative estimate of drug-likeness (QED) is 0.514. The highest BCUT2D eigenvalue weighted by molar-refractivity contribution is 6.80. The molecule has 1 fully saturated rings. The number of β-lactam (4-membered cyclic amide) rings is 1. The van der Waals surface area contributed by atoms with Gasteiger partial charge in [-0.3, -0.25) is 9.59 Å². The molecule has 0 saturated carbocycles. The van der Waals surface area contributed by atoms with E-state index in [0.29, 0.717) is 5.75 Å². The molecule has 0 spiro atoms. The smallest absolute Gasteiger partial charge is 0.258 e. The number of para-hydroxylation sites is 1. The number of nitrogens with one attached hydrogen (secondary N) is 1. The number of carbonyl (C=O) groups is 2. The van der Waals surface area contributed by atoms with Gasteiger partial charge in [0.25, 0.3) is 5.91 Å². The Labute approximate surface area is 186 Å². The van der Waals surface area contributed by atoms with Gasteiger partial charge in [-0.05, 0) is 22.7 Å². The molecule has 1 heterocycles. The van der Waals surface area contributed by atoms with E-state index in [1.54, 1.807) is 12.1 Å². The molecular formula is C25H32N2O3Si. The number of ether oxygens (including phenoxy) is 1. The van der Waals surface area contributed by atoms with Gasteiger partial charge in [-0.15, -0.1) is 0 Å². The van der Waals surface area contributed by atoms with Crippen LogP contribution in [0.5, 0.6) is 5.75 Å². The Hall–Kier alpha value is -2.86. The fraction of sp³-hybridized carbons (Fsp3) is 0.360. The first-order valence-electron chi connectivity index (χ1n) is 10.6. The van der Waals surface area contributed by atoms with Crippen LogP contribution < -0.4 is 10.1 Å². The summed E-state index contributed by atoms with van der Waals surface area (Å²) < 4.78 is 7.56. The third kappa shape index (κ3) is 5.07. The summed E-state index contributed by atoms with van der Waals surface area (Å²) in [5.41, 5.74) is 1.06. The Morgan fingerprint density at radius 3 is 2.23 bits per heavy atom. The van der Waals surface area contributed by atoms with E-state index in [9.17, 15) is 9.59 Å². The van der Waals surface area contributed by atoms with Crippen molar-refractivity contribution in [3.05, 3.63) is 72.3 Å². The molecule has 6 heteroatoms. The molecule has 1 aliphatic heterocycles. The Morgan fingerprint density at radius 1 is 1.06 bits per heavy atom. The van der Waals surface area contributed by atoms with Crippen molar-refractivity contribution in [2.45, 2.75) is 51.0 Å². The van der Waals surface area contributed by atoms with Crippen LogP contribution in [0.4, 0.5) is 0 Å². The second kappa shape index (κ2) is 9.10. The molecule has 0 aliphatic carbocycles. The average Bonchev–Trinajstić information content (AvgIpc) is 2.73. The predicted molar refractivity (Wildman–Crippen MR) is 127 cm³/mol. The maximum atomic E-state index is 13.2. The van der Waals surface area contributed by atoms with Crippen LogP contribution in [0.25, 0.3) is 6.08 Å². The maximum Gasteiger partial charge on any atom is 0.258 e. The van der Waals surface area contributed by atoms with E-state index in [-0.39, 0.29) is 29.5 Å². The first-order chi connectivity index (χ1) is 14.6. The highest BCUT2D eigenvalue weighted by atomic mass is 28.3. The van der Waals surface area contributed by atoms with Gasteiger partial charge >= 0.3 is 0 Å². The molecular weight excluding hydrogens is 404 g/mol. The lowest BCUT2D eigenvalue weighted by molar-refractivity contribution is -0.145. The largest absolute Gasteiger partial charge is 0.484 e. The molecule has 5 nitrogen and oxygen atoms in total. The SMILES string of the molecule is CC(C)(C)[Si](C)(C)N1C(=O)[C@@H](NC(=O)COc2ccccc2)[C@H]1C=Cc1ccccc1. The van der Waals surface area contributed by atoms with E-state index < -0.39 is 14.3 Å². The Bertz CT molecular complexity index is 936. The van der Waals surface area contributed by atoms with Gasteiger partial charge in [-0.25, -0.2) is 0 Å². The van der Waals surface area contributed by atoms with E-state index >= 15 is 0 Å². The maximum absolute atomic E-state index is 13.2. The molecule has 1 saturated heterocycles. The van der Waals surface area contributed by atoms with E-state index in [4.69, 9.17) is 4.74 Å². The normalized spacial score (nSPS) is 19.3. The lowest BCUT2D eigenvalue weighted by atomic mass is 9.97. The first-order valence-corrected chi connectivity index (χ1v) is 13.6. The second-order valence-electron chi connectivity index (χ2n) is 9.42. The number of hydrogen-bond donors (Lipinski definition) is 1. The van der Waals surface area contributed by atoms with Crippen LogP contribution in [-0.2, 0) is 9.59 Å². The van der Waals surface area contributed by atoms with Crippen molar-refractivity contribution in [1.29, 1.82) is 0 Å². The van der Waals surface area contributed by atoms with Crippen molar-refractivity contribution in [3.8, 4) is 5.75 Å². The molecule has 2 aromatic carbocycles. The van der Waals surface area contributed by atoms with Crippen molar-refractivity contribution in [1.82, 2.24) is 9.88 Å². The predicted octanol–water partition coefficient (Wildman–Crippen LogP) is 4.48. The molecule has 1 N–H and O–H groups in total. The minimum Gasteiger partial charge on any atom is -0.484 e. The highest BCUT2D eigenvalue weighted by Gasteiger charge is 2.56. The number of hydrogen-bond acceptors (Lipinski definition) is 3. The van der Waals surface area contributed by atoms with Crippen LogP contribution in [0.2, 0.25) is 18.1 Å². The van der Waals surface area contributed by atoms with Crippen LogP contribution in [0.15, 0.2) is 66.7 Å². The van der Waals surface area contributed by atoms with Gasteiger partial charge < -0.3 is 14.6 Å². The van der Waals surface area contributed by atoms with Crippen molar-refractivity contribution in [2.75, 3.05) is 6.61 Å².